The highest BCUT2D eigenvalue weighted by atomic mass is 32.2. The number of nitrogens with two attached hydrogens (primary N) is 3. The van der Waals surface area contributed by atoms with Gasteiger partial charge in [-0.1, -0.05) is 20.8 Å². The van der Waals surface area contributed by atoms with E-state index in [1.807, 2.05) is 0 Å². The molecule has 0 spiro atoms. The minimum Gasteiger partial charge on any atom is -0.378 e. The van der Waals surface area contributed by atoms with E-state index >= 15 is 0 Å². The number of sulfonamides is 3. The van der Waals surface area contributed by atoms with Crippen LogP contribution in [0.2, 0.25) is 0 Å². The lowest BCUT2D eigenvalue weighted by atomic mass is 9.88. The van der Waals surface area contributed by atoms with Gasteiger partial charge in [-0.15, -0.1) is 0 Å². The third-order valence-corrected chi connectivity index (χ3v) is 14.6. The Hall–Kier alpha value is -6.77. The number of carbonyl (C=O) groups excluding carboxylic acids is 8. The van der Waals surface area contributed by atoms with E-state index in [0.29, 0.717) is 19.3 Å². The highest BCUT2D eigenvalue weighted by Crippen LogP contribution is 2.19. The molecular weight excluding hydrogens is 1130 g/mol. The van der Waals surface area contributed by atoms with E-state index < -0.39 is 82.4 Å². The van der Waals surface area contributed by atoms with Crippen molar-refractivity contribution in [1.82, 2.24) is 37.2 Å². The quantitative estimate of drug-likeness (QED) is 0.0326. The summed E-state index contributed by atoms with van der Waals surface area (Å²) in [5.41, 5.74) is -1.46. The fraction of sp³-hybridized carbons (Fsp3) is 0.500. The number of ether oxygens (including phenoxy) is 3. The van der Waals surface area contributed by atoms with E-state index in [1.54, 1.807) is 20.8 Å². The number of ketones is 1. The van der Waals surface area contributed by atoms with Crippen LogP contribution in [0.15, 0.2) is 87.5 Å². The lowest BCUT2D eigenvalue weighted by Crippen LogP contribution is -2.58. The molecule has 0 heterocycles. The summed E-state index contributed by atoms with van der Waals surface area (Å²) >= 11 is 0. The Bertz CT molecular complexity index is 2690. The Morgan fingerprint density at radius 1 is 0.390 bits per heavy atom. The van der Waals surface area contributed by atoms with Crippen LogP contribution in [0.25, 0.3) is 0 Å². The van der Waals surface area contributed by atoms with Gasteiger partial charge in [-0.3, -0.25) is 38.4 Å². The molecule has 0 aliphatic rings. The van der Waals surface area contributed by atoms with Crippen LogP contribution >= 0.6 is 0 Å². The Morgan fingerprint density at radius 2 is 0.671 bits per heavy atom. The molecule has 27 nitrogen and oxygen atoms in total. The average Bonchev–Trinajstić information content (AvgIpc) is 3.44. The SMILES string of the molecule is CC(C)(C)C(=O)CCCC(=O)NC(COCCC(=O)NCCCNC(=O)c1ccc(S(N)(=O)=O)cc1)(COCCC(=O)NCCCNC(=O)c1ccc(S(N)(=O)=O)cc1)COCCC(=O)NCCCNC(=O)c1ccc(S(N)(=O)=O)cc1. The maximum atomic E-state index is 13.6. The number of Topliss-reactive ketones (excluding diaryl/α,β-unsaturated/α-hetero) is 1. The van der Waals surface area contributed by atoms with Crippen molar-refractivity contribution in [2.45, 2.75) is 98.8 Å². The van der Waals surface area contributed by atoms with E-state index in [4.69, 9.17) is 29.6 Å². The summed E-state index contributed by atoms with van der Waals surface area (Å²) in [5, 5.41) is 34.4. The predicted molar refractivity (Wildman–Crippen MR) is 299 cm³/mol. The number of carbonyl (C=O) groups is 8. The minimum absolute atomic E-state index is 0.0455. The maximum absolute atomic E-state index is 13.6. The summed E-state index contributed by atoms with van der Waals surface area (Å²) in [6.45, 7) is 5.14. The Balaban J connectivity index is 1.59. The molecule has 3 rings (SSSR count). The fourth-order valence-corrected chi connectivity index (χ4v) is 8.73. The number of amides is 7. The van der Waals surface area contributed by atoms with Gasteiger partial charge >= 0.3 is 0 Å². The number of hydrogen-bond acceptors (Lipinski definition) is 17. The van der Waals surface area contributed by atoms with Crippen molar-refractivity contribution in [3.63, 3.8) is 0 Å². The van der Waals surface area contributed by atoms with Gasteiger partial charge in [0.05, 0.1) is 54.3 Å². The largest absolute Gasteiger partial charge is 0.378 e. The molecule has 0 radical (unpaired) electrons. The summed E-state index contributed by atoms with van der Waals surface area (Å²) in [7, 11) is -11.8. The van der Waals surface area contributed by atoms with Gasteiger partial charge in [0.2, 0.25) is 53.7 Å². The first-order chi connectivity index (χ1) is 38.5. The summed E-state index contributed by atoms with van der Waals surface area (Å²) in [5.74, 6) is -3.11. The van der Waals surface area contributed by atoms with Crippen molar-refractivity contribution in [2.75, 3.05) is 78.9 Å². The number of rotatable bonds is 38. The summed E-state index contributed by atoms with van der Waals surface area (Å²) in [6.07, 6.45) is 0.940. The van der Waals surface area contributed by atoms with Crippen LogP contribution in [0.5, 0.6) is 0 Å². The molecule has 7 amide bonds. The molecule has 30 heteroatoms. The average molecular weight is 1210 g/mol. The van der Waals surface area contributed by atoms with Crippen LogP contribution in [0.3, 0.4) is 0 Å². The molecule has 0 atom stereocenters. The number of benzene rings is 3. The van der Waals surface area contributed by atoms with Crippen molar-refractivity contribution in [2.24, 2.45) is 20.8 Å². The molecule has 0 saturated heterocycles. The Kier molecular flexibility index (Phi) is 28.8. The van der Waals surface area contributed by atoms with E-state index in [0.717, 1.165) is 0 Å². The van der Waals surface area contributed by atoms with Gasteiger partial charge in [0.1, 0.15) is 11.3 Å². The molecule has 3 aromatic carbocycles. The number of primary sulfonamides is 3. The Labute approximate surface area is 478 Å². The smallest absolute Gasteiger partial charge is 0.251 e. The zero-order valence-electron chi connectivity index (χ0n) is 46.2. The molecule has 3 aromatic rings. The third-order valence-electron chi connectivity index (χ3n) is 11.8. The minimum atomic E-state index is -3.93. The lowest BCUT2D eigenvalue weighted by Gasteiger charge is -2.34. The second kappa shape index (κ2) is 34.0. The summed E-state index contributed by atoms with van der Waals surface area (Å²) < 4.78 is 87.0. The number of hydrogen-bond donors (Lipinski definition) is 10. The van der Waals surface area contributed by atoms with Gasteiger partial charge in [-0.25, -0.2) is 40.7 Å². The first-order valence-corrected chi connectivity index (χ1v) is 30.7. The topological polar surface area (TPSA) is 429 Å². The van der Waals surface area contributed by atoms with Crippen LogP contribution in [0.1, 0.15) is 110 Å². The zero-order valence-corrected chi connectivity index (χ0v) is 48.6. The molecule has 82 heavy (non-hydrogen) atoms. The molecule has 0 saturated carbocycles. The van der Waals surface area contributed by atoms with Gasteiger partial charge in [0.15, 0.2) is 0 Å². The lowest BCUT2D eigenvalue weighted by molar-refractivity contribution is -0.131. The van der Waals surface area contributed by atoms with Crippen LogP contribution in [0.4, 0.5) is 0 Å². The number of nitrogens with one attached hydrogen (secondary N) is 7. The van der Waals surface area contributed by atoms with Gasteiger partial charge in [-0.2, -0.15) is 0 Å². The van der Waals surface area contributed by atoms with Crippen molar-refractivity contribution in [3.05, 3.63) is 89.5 Å². The highest BCUT2D eigenvalue weighted by Gasteiger charge is 2.34. The van der Waals surface area contributed by atoms with E-state index in [2.05, 4.69) is 37.2 Å². The second-order valence-corrected chi connectivity index (χ2v) is 24.5. The molecule has 0 bridgehead atoms. The third kappa shape index (κ3) is 27.3. The molecule has 0 aliphatic carbocycles. The first-order valence-electron chi connectivity index (χ1n) is 26.1. The van der Waals surface area contributed by atoms with E-state index in [9.17, 15) is 63.6 Å². The van der Waals surface area contributed by atoms with Gasteiger partial charge in [-0.05, 0) is 98.5 Å². The standard InChI is InChI=1S/C52H76N10O17S3/c1-51(2,3)43(63)8-4-9-47(67)62-52(34-77-31-22-44(64)56-25-5-28-59-48(68)37-10-16-40(17-11-37)80(53,71)72,35-78-32-23-45(65)57-26-6-29-60-49(69)38-12-18-41(19-13-38)81(54,73)74)36-79-33-24-46(66)58-27-7-30-61-50(70)39-14-20-42(21-15-39)82(55,75)76/h10-21H,4-9,22-36H2,1-3H3,(H,56,64)(H,57,65)(H,58,66)(H,59,68)(H,60,69)(H,61,70)(H,62,67)(H2,53,71,72)(H2,54,73,74)(H2,55,75,76). The zero-order chi connectivity index (χ0) is 61.0. The normalized spacial score (nSPS) is 11.9. The first kappa shape index (κ1) is 69.5. The Morgan fingerprint density at radius 3 is 0.939 bits per heavy atom. The fourth-order valence-electron chi connectivity index (χ4n) is 7.19. The monoisotopic (exact) mass is 1210 g/mol. The van der Waals surface area contributed by atoms with Crippen LogP contribution in [-0.4, -0.2) is 157 Å². The van der Waals surface area contributed by atoms with Crippen molar-refractivity contribution < 1.29 is 77.8 Å². The maximum Gasteiger partial charge on any atom is 0.251 e. The molecule has 0 fully saturated rings. The molecule has 454 valence electrons. The van der Waals surface area contributed by atoms with E-state index in [-0.39, 0.29) is 155 Å². The van der Waals surface area contributed by atoms with Crippen LogP contribution < -0.4 is 52.6 Å². The second-order valence-electron chi connectivity index (χ2n) is 19.8. The van der Waals surface area contributed by atoms with Gasteiger partial charge in [0, 0.05) is 93.5 Å². The van der Waals surface area contributed by atoms with Gasteiger partial charge in [0.25, 0.3) is 17.7 Å². The predicted octanol–water partition coefficient (Wildman–Crippen LogP) is -0.402. The molecular formula is C52H76N10O17S3. The van der Waals surface area contributed by atoms with Crippen molar-refractivity contribution in [1.29, 1.82) is 0 Å². The van der Waals surface area contributed by atoms with Crippen LogP contribution in [0, 0.1) is 5.41 Å². The highest BCUT2D eigenvalue weighted by molar-refractivity contribution is 7.89. The molecule has 0 aromatic heterocycles. The molecule has 13 N–H and O–H groups in total. The van der Waals surface area contributed by atoms with E-state index in [1.165, 1.54) is 72.8 Å². The summed E-state index contributed by atoms with van der Waals surface area (Å²) in [4.78, 5) is 102. The van der Waals surface area contributed by atoms with Gasteiger partial charge < -0.3 is 51.4 Å². The van der Waals surface area contributed by atoms with Crippen LogP contribution in [-0.2, 0) is 68.3 Å². The molecule has 0 unspecified atom stereocenters. The van der Waals surface area contributed by atoms with Crippen molar-refractivity contribution >= 4 is 77.2 Å². The van der Waals surface area contributed by atoms with Crippen molar-refractivity contribution in [3.8, 4) is 0 Å². The molecule has 0 aliphatic heterocycles. The summed E-state index contributed by atoms with van der Waals surface area (Å²) in [6, 6.07) is 15.2.